The van der Waals surface area contributed by atoms with E-state index >= 15 is 0 Å². The number of carbonyl (C=O) groups is 1. The Kier molecular flexibility index (Phi) is 6.97. The summed E-state index contributed by atoms with van der Waals surface area (Å²) in [5.74, 6) is -0.460. The summed E-state index contributed by atoms with van der Waals surface area (Å²) in [7, 11) is 1.24. The van der Waals surface area contributed by atoms with Gasteiger partial charge >= 0.3 is 5.97 Å². The molecule has 0 saturated carbocycles. The normalized spacial score (nSPS) is 12.3. The van der Waals surface area contributed by atoms with Gasteiger partial charge in [0.1, 0.15) is 23.0 Å². The van der Waals surface area contributed by atoms with Gasteiger partial charge in [-0.3, -0.25) is 0 Å². The third kappa shape index (κ3) is 4.81. The largest absolute Gasteiger partial charge is 0.510 e. The van der Waals surface area contributed by atoms with Crippen LogP contribution in [0.3, 0.4) is 0 Å². The predicted octanol–water partition coefficient (Wildman–Crippen LogP) is 4.85. The van der Waals surface area contributed by atoms with E-state index in [-0.39, 0.29) is 28.8 Å². The van der Waals surface area contributed by atoms with E-state index in [2.05, 4.69) is 20.2 Å². The van der Waals surface area contributed by atoms with Crippen LogP contribution in [0.4, 0.5) is 4.39 Å². The highest BCUT2D eigenvalue weighted by molar-refractivity contribution is 7.99. The third-order valence-electron chi connectivity index (χ3n) is 5.02. The average Bonchev–Trinajstić information content (AvgIpc) is 3.41. The summed E-state index contributed by atoms with van der Waals surface area (Å²) < 4.78 is 21.1. The molecule has 10 heteroatoms. The Labute approximate surface area is 199 Å². The van der Waals surface area contributed by atoms with E-state index in [1.807, 2.05) is 36.6 Å². The molecule has 0 radical (unpaired) electrons. The Bertz CT molecular complexity index is 1330. The van der Waals surface area contributed by atoms with E-state index in [1.54, 1.807) is 24.3 Å². The summed E-state index contributed by atoms with van der Waals surface area (Å²) in [5.41, 5.74) is 1.67. The Morgan fingerprint density at radius 3 is 2.62 bits per heavy atom. The van der Waals surface area contributed by atoms with Crippen molar-refractivity contribution in [2.75, 3.05) is 12.9 Å². The molecule has 4 aromatic rings. The van der Waals surface area contributed by atoms with E-state index in [0.717, 1.165) is 5.52 Å². The number of aliphatic hydroxyl groups is 1. The molecule has 0 fully saturated rings. The maximum Gasteiger partial charge on any atom is 0.345 e. The fourth-order valence-corrected chi connectivity index (χ4v) is 4.32. The highest BCUT2D eigenvalue weighted by atomic mass is 32.2. The topological polar surface area (TPSA) is 106 Å². The summed E-state index contributed by atoms with van der Waals surface area (Å²) >= 11 is 1.19. The molecule has 2 N–H and O–H groups in total. The molecule has 0 saturated heterocycles. The van der Waals surface area contributed by atoms with E-state index in [1.165, 1.54) is 24.9 Å². The van der Waals surface area contributed by atoms with Crippen molar-refractivity contribution >= 4 is 34.3 Å². The lowest BCUT2D eigenvalue weighted by molar-refractivity contribution is -0.133. The molecular formula is C24H24FN5O3S. The second kappa shape index (κ2) is 10.1. The molecule has 8 nitrogen and oxygen atoms in total. The lowest BCUT2D eigenvalue weighted by Crippen LogP contribution is -2.11. The van der Waals surface area contributed by atoms with Gasteiger partial charge in [0.15, 0.2) is 11.0 Å². The number of rotatable bonds is 8. The number of halogens is 1. The number of hydrogen-bond acceptors (Lipinski definition) is 7. The number of para-hydroxylation sites is 2. The quantitative estimate of drug-likeness (QED) is 0.160. The molecule has 0 atom stereocenters. The van der Waals surface area contributed by atoms with E-state index in [4.69, 9.17) is 4.74 Å². The van der Waals surface area contributed by atoms with Crippen LogP contribution in [0.1, 0.15) is 19.7 Å². The molecule has 2 aromatic carbocycles. The Morgan fingerprint density at radius 2 is 1.91 bits per heavy atom. The zero-order valence-electron chi connectivity index (χ0n) is 18.9. The van der Waals surface area contributed by atoms with Gasteiger partial charge < -0.3 is 19.4 Å². The first kappa shape index (κ1) is 23.5. The number of nitrogens with one attached hydrogen (secondary N) is 1. The number of fused-ring (bicyclic) bond motifs is 1. The maximum absolute atomic E-state index is 14.4. The molecule has 2 aromatic heterocycles. The first-order valence-corrected chi connectivity index (χ1v) is 11.6. The number of imidazole rings is 1. The second-order valence-electron chi connectivity index (χ2n) is 7.99. The number of aromatic amines is 1. The number of methoxy groups -OCH3 is 1. The molecule has 4 rings (SSSR count). The van der Waals surface area contributed by atoms with Gasteiger partial charge in [-0.25, -0.2) is 14.2 Å². The lowest BCUT2D eigenvalue weighted by atomic mass is 10.2. The summed E-state index contributed by atoms with van der Waals surface area (Å²) in [6.07, 6.45) is 0. The Morgan fingerprint density at radius 1 is 1.18 bits per heavy atom. The minimum Gasteiger partial charge on any atom is -0.510 e. The Balaban J connectivity index is 1.68. The summed E-state index contributed by atoms with van der Waals surface area (Å²) in [5, 5.41) is 19.8. The third-order valence-corrected chi connectivity index (χ3v) is 6.00. The van der Waals surface area contributed by atoms with Gasteiger partial charge in [0.05, 0.1) is 29.5 Å². The van der Waals surface area contributed by atoms with Crippen LogP contribution in [0.25, 0.3) is 28.0 Å². The predicted molar refractivity (Wildman–Crippen MR) is 129 cm³/mol. The first-order valence-electron chi connectivity index (χ1n) is 10.7. The fourth-order valence-electron chi connectivity index (χ4n) is 3.50. The average molecular weight is 482 g/mol. The number of nitrogens with zero attached hydrogens (tertiary/aromatic N) is 4. The maximum atomic E-state index is 14.4. The van der Waals surface area contributed by atoms with E-state index < -0.39 is 11.8 Å². The van der Waals surface area contributed by atoms with Gasteiger partial charge in [0.2, 0.25) is 0 Å². The minimum atomic E-state index is -0.715. The van der Waals surface area contributed by atoms with Crippen LogP contribution in [-0.4, -0.2) is 48.7 Å². The number of benzene rings is 2. The highest BCUT2D eigenvalue weighted by Gasteiger charge is 2.24. The number of aliphatic hydroxyl groups excluding tert-OH is 1. The van der Waals surface area contributed by atoms with Crippen LogP contribution in [-0.2, 0) is 16.1 Å². The fraction of sp³-hybridized carbons (Fsp3) is 0.250. The van der Waals surface area contributed by atoms with Gasteiger partial charge in [-0.2, -0.15) is 0 Å². The van der Waals surface area contributed by atoms with Crippen LogP contribution < -0.4 is 0 Å². The van der Waals surface area contributed by atoms with Crippen LogP contribution in [0.2, 0.25) is 0 Å². The van der Waals surface area contributed by atoms with Crippen LogP contribution in [0.15, 0.2) is 59.4 Å². The molecule has 0 spiro atoms. The number of thioether (sulfide) groups is 1. The smallest absolute Gasteiger partial charge is 0.345 e. The molecule has 0 aliphatic carbocycles. The standard InChI is InChI=1S/C24H24FN5O3S/c1-14(2)12-30-22(15-8-4-5-9-16(15)25)28-29-24(30)34-13-19(31)20(23(32)33-3)21-26-17-10-6-7-11-18(17)27-21/h4-11,14,31H,12-13H2,1-3H3,(H,26,27)/b20-19+. The van der Waals surface area contributed by atoms with E-state index in [9.17, 15) is 14.3 Å². The van der Waals surface area contributed by atoms with Crippen molar-refractivity contribution < 1.29 is 19.0 Å². The van der Waals surface area contributed by atoms with Crippen LogP contribution in [0, 0.1) is 11.7 Å². The van der Waals surface area contributed by atoms with Crippen molar-refractivity contribution in [2.24, 2.45) is 5.92 Å². The van der Waals surface area contributed by atoms with Gasteiger partial charge in [-0.1, -0.05) is 49.9 Å². The molecular weight excluding hydrogens is 457 g/mol. The highest BCUT2D eigenvalue weighted by Crippen LogP contribution is 2.29. The molecule has 2 heterocycles. The minimum absolute atomic E-state index is 0.00891. The SMILES string of the molecule is COC(=O)/C(=C(/O)CSc1nnc(-c2ccccc2F)n1CC(C)C)c1nc2ccccc2[nH]1. The number of carbonyl (C=O) groups excluding carboxylic acids is 1. The monoisotopic (exact) mass is 481 g/mol. The van der Waals surface area contributed by atoms with Gasteiger partial charge in [-0.05, 0) is 30.2 Å². The van der Waals surface area contributed by atoms with Crippen LogP contribution in [0.5, 0.6) is 0 Å². The van der Waals surface area contributed by atoms with Crippen molar-refractivity contribution in [1.29, 1.82) is 0 Å². The number of H-pyrrole nitrogens is 1. The molecule has 0 bridgehead atoms. The van der Waals surface area contributed by atoms with Gasteiger partial charge in [0.25, 0.3) is 0 Å². The molecule has 0 unspecified atom stereocenters. The number of esters is 1. The summed E-state index contributed by atoms with van der Waals surface area (Å²) in [4.78, 5) is 20.0. The molecule has 0 amide bonds. The number of ether oxygens (including phenoxy) is 1. The first-order chi connectivity index (χ1) is 16.4. The molecule has 176 valence electrons. The summed E-state index contributed by atoms with van der Waals surface area (Å²) in [6, 6.07) is 13.7. The van der Waals surface area contributed by atoms with Crippen molar-refractivity contribution in [3.05, 3.63) is 65.9 Å². The second-order valence-corrected chi connectivity index (χ2v) is 8.94. The lowest BCUT2D eigenvalue weighted by Gasteiger charge is -2.13. The van der Waals surface area contributed by atoms with Gasteiger partial charge in [0, 0.05) is 6.54 Å². The number of hydrogen-bond donors (Lipinski definition) is 2. The van der Waals surface area contributed by atoms with Crippen molar-refractivity contribution in [2.45, 2.75) is 25.5 Å². The van der Waals surface area contributed by atoms with Crippen molar-refractivity contribution in [3.8, 4) is 11.4 Å². The number of aromatic nitrogens is 5. The van der Waals surface area contributed by atoms with Crippen LogP contribution >= 0.6 is 11.8 Å². The van der Waals surface area contributed by atoms with Crippen molar-refractivity contribution in [3.63, 3.8) is 0 Å². The zero-order chi connectivity index (χ0) is 24.2. The Hall–Kier alpha value is -3.66. The summed E-state index contributed by atoms with van der Waals surface area (Å²) in [6.45, 7) is 4.62. The van der Waals surface area contributed by atoms with Crippen molar-refractivity contribution in [1.82, 2.24) is 24.7 Å². The molecule has 0 aliphatic rings. The van der Waals surface area contributed by atoms with Gasteiger partial charge in [-0.15, -0.1) is 10.2 Å². The zero-order valence-corrected chi connectivity index (χ0v) is 19.8. The molecule has 0 aliphatic heterocycles. The molecule has 34 heavy (non-hydrogen) atoms. The van der Waals surface area contributed by atoms with E-state index in [0.29, 0.717) is 28.6 Å².